The largest absolute Gasteiger partial charge is 0.381 e. The fourth-order valence-electron chi connectivity index (χ4n) is 0.476. The summed E-state index contributed by atoms with van der Waals surface area (Å²) in [5.74, 6) is 0. The highest BCUT2D eigenvalue weighted by Gasteiger charge is 1.90. The molecule has 0 atom stereocenters. The molecule has 0 spiro atoms. The highest BCUT2D eigenvalue weighted by molar-refractivity contribution is 5.20. The van der Waals surface area contributed by atoms with Crippen molar-refractivity contribution in [1.29, 1.82) is 5.26 Å². The van der Waals surface area contributed by atoms with Gasteiger partial charge < -0.3 is 9.47 Å². The first-order valence-corrected chi connectivity index (χ1v) is 2.92. The second-order valence-corrected chi connectivity index (χ2v) is 1.73. The Morgan fingerprint density at radius 1 is 1.50 bits per heavy atom. The van der Waals surface area contributed by atoms with E-state index in [9.17, 15) is 0 Å². The van der Waals surface area contributed by atoms with Crippen molar-refractivity contribution in [3.63, 3.8) is 0 Å². The smallest absolute Gasteiger partial charge is 0.0969 e. The van der Waals surface area contributed by atoms with Crippen molar-refractivity contribution >= 4 is 0 Å². The van der Waals surface area contributed by atoms with Crippen molar-refractivity contribution < 1.29 is 9.47 Å². The van der Waals surface area contributed by atoms with Crippen molar-refractivity contribution in [2.45, 2.75) is 0 Å². The van der Waals surface area contributed by atoms with Crippen molar-refractivity contribution in [2.75, 3.05) is 27.4 Å². The molecule has 0 aromatic carbocycles. The first kappa shape index (κ1) is 9.15. The molecule has 0 rings (SSSR count). The minimum atomic E-state index is 0.361. The fraction of sp³-hybridized carbons (Fsp3) is 0.571. The average molecular weight is 141 g/mol. The van der Waals surface area contributed by atoms with E-state index in [1.807, 2.05) is 6.07 Å². The van der Waals surface area contributed by atoms with Gasteiger partial charge in [-0.3, -0.25) is 0 Å². The number of nitrogens with zero attached hydrogens (tertiary/aromatic N) is 1. The average Bonchev–Trinajstić information content (AvgIpc) is 1.98. The lowest BCUT2D eigenvalue weighted by Crippen LogP contribution is -1.93. The molecule has 3 heteroatoms. The summed E-state index contributed by atoms with van der Waals surface area (Å²) < 4.78 is 9.48. The second-order valence-electron chi connectivity index (χ2n) is 1.73. The van der Waals surface area contributed by atoms with Crippen molar-refractivity contribution in [2.24, 2.45) is 0 Å². The zero-order valence-corrected chi connectivity index (χ0v) is 6.26. The van der Waals surface area contributed by atoms with E-state index >= 15 is 0 Å². The van der Waals surface area contributed by atoms with E-state index in [1.165, 1.54) is 0 Å². The quantitative estimate of drug-likeness (QED) is 0.542. The van der Waals surface area contributed by atoms with Gasteiger partial charge in [0.2, 0.25) is 0 Å². The van der Waals surface area contributed by atoms with Crippen LogP contribution in [0.5, 0.6) is 0 Å². The van der Waals surface area contributed by atoms with Gasteiger partial charge in [-0.15, -0.1) is 0 Å². The Morgan fingerprint density at radius 2 is 2.20 bits per heavy atom. The lowest BCUT2D eigenvalue weighted by Gasteiger charge is -1.94. The highest BCUT2D eigenvalue weighted by atomic mass is 16.5. The number of methoxy groups -OCH3 is 2. The number of rotatable bonds is 4. The lowest BCUT2D eigenvalue weighted by atomic mass is 10.3. The Labute approximate surface area is 60.9 Å². The maximum Gasteiger partial charge on any atom is 0.0969 e. The van der Waals surface area contributed by atoms with E-state index in [1.54, 1.807) is 20.3 Å². The van der Waals surface area contributed by atoms with E-state index < -0.39 is 0 Å². The summed E-state index contributed by atoms with van der Waals surface area (Å²) in [6, 6.07) is 1.99. The molecule has 56 valence electrons. The van der Waals surface area contributed by atoms with Crippen LogP contribution in [0.4, 0.5) is 0 Å². The molecule has 0 saturated carbocycles. The zero-order chi connectivity index (χ0) is 7.82. The third-order valence-electron chi connectivity index (χ3n) is 0.940. The Balaban J connectivity index is 3.70. The van der Waals surface area contributed by atoms with Gasteiger partial charge in [-0.05, 0) is 6.08 Å². The van der Waals surface area contributed by atoms with Gasteiger partial charge in [0.15, 0.2) is 0 Å². The first-order valence-electron chi connectivity index (χ1n) is 2.92. The molecule has 0 aliphatic rings. The fourth-order valence-corrected chi connectivity index (χ4v) is 0.476. The predicted molar refractivity (Wildman–Crippen MR) is 37.4 cm³/mol. The summed E-state index contributed by atoms with van der Waals surface area (Å²) in [5.41, 5.74) is 0.601. The van der Waals surface area contributed by atoms with E-state index in [2.05, 4.69) is 0 Å². The summed E-state index contributed by atoms with van der Waals surface area (Å²) >= 11 is 0. The van der Waals surface area contributed by atoms with Gasteiger partial charge in [-0.25, -0.2) is 0 Å². The van der Waals surface area contributed by atoms with Crippen LogP contribution in [0.15, 0.2) is 11.6 Å². The maximum atomic E-state index is 8.43. The number of ether oxygens (including phenoxy) is 2. The summed E-state index contributed by atoms with van der Waals surface area (Å²) in [7, 11) is 3.14. The van der Waals surface area contributed by atoms with E-state index in [0.717, 1.165) is 0 Å². The minimum Gasteiger partial charge on any atom is -0.381 e. The molecule has 0 fully saturated rings. The third-order valence-corrected chi connectivity index (χ3v) is 0.940. The van der Waals surface area contributed by atoms with Crippen LogP contribution in [0.25, 0.3) is 0 Å². The van der Waals surface area contributed by atoms with Crippen molar-refractivity contribution in [3.8, 4) is 6.07 Å². The molecule has 0 radical (unpaired) electrons. The van der Waals surface area contributed by atoms with Gasteiger partial charge in [0.1, 0.15) is 0 Å². The molecule has 10 heavy (non-hydrogen) atoms. The van der Waals surface area contributed by atoms with Crippen LogP contribution < -0.4 is 0 Å². The zero-order valence-electron chi connectivity index (χ0n) is 6.26. The molecule has 0 aromatic heterocycles. The SMILES string of the molecule is COCC=C(C#N)COC. The maximum absolute atomic E-state index is 8.43. The molecule has 0 aliphatic heterocycles. The van der Waals surface area contributed by atoms with Crippen LogP contribution in [0, 0.1) is 11.3 Å². The topological polar surface area (TPSA) is 42.2 Å². The second kappa shape index (κ2) is 6.27. The highest BCUT2D eigenvalue weighted by Crippen LogP contribution is 1.91. The molecular weight excluding hydrogens is 130 g/mol. The number of nitriles is 1. The van der Waals surface area contributed by atoms with E-state index in [0.29, 0.717) is 18.8 Å². The summed E-state index contributed by atoms with van der Waals surface area (Å²) in [5, 5.41) is 8.43. The normalized spacial score (nSPS) is 11.1. The van der Waals surface area contributed by atoms with Crippen LogP contribution in [0.2, 0.25) is 0 Å². The molecule has 0 aromatic rings. The Hall–Kier alpha value is -0.850. The van der Waals surface area contributed by atoms with Crippen LogP contribution >= 0.6 is 0 Å². The molecule has 0 amide bonds. The van der Waals surface area contributed by atoms with Gasteiger partial charge in [0.25, 0.3) is 0 Å². The van der Waals surface area contributed by atoms with Gasteiger partial charge in [0, 0.05) is 14.2 Å². The third kappa shape index (κ3) is 4.07. The van der Waals surface area contributed by atoms with Crippen LogP contribution in [-0.2, 0) is 9.47 Å². The van der Waals surface area contributed by atoms with Gasteiger partial charge in [-0.2, -0.15) is 5.26 Å². The molecule has 0 heterocycles. The van der Waals surface area contributed by atoms with E-state index in [4.69, 9.17) is 14.7 Å². The molecule has 0 unspecified atom stereocenters. The molecule has 0 bridgehead atoms. The first-order chi connectivity index (χ1) is 4.85. The number of hydrogen-bond acceptors (Lipinski definition) is 3. The molecular formula is C7H11NO2. The van der Waals surface area contributed by atoms with Gasteiger partial charge in [0.05, 0.1) is 24.9 Å². The Kier molecular flexibility index (Phi) is 5.74. The van der Waals surface area contributed by atoms with E-state index in [-0.39, 0.29) is 0 Å². The van der Waals surface area contributed by atoms with Crippen LogP contribution in [0.1, 0.15) is 0 Å². The number of hydrogen-bond donors (Lipinski definition) is 0. The molecule has 0 aliphatic carbocycles. The minimum absolute atomic E-state index is 0.361. The molecule has 3 nitrogen and oxygen atoms in total. The van der Waals surface area contributed by atoms with Crippen LogP contribution in [-0.4, -0.2) is 27.4 Å². The summed E-state index contributed by atoms with van der Waals surface area (Å²) in [6.45, 7) is 0.826. The lowest BCUT2D eigenvalue weighted by molar-refractivity contribution is 0.219. The summed E-state index contributed by atoms with van der Waals surface area (Å²) in [6.07, 6.45) is 1.70. The standard InChI is InChI=1S/C7H11NO2/c1-9-4-3-7(5-8)6-10-2/h3H,4,6H2,1-2H3. The molecule has 0 saturated heterocycles. The van der Waals surface area contributed by atoms with Crippen molar-refractivity contribution in [3.05, 3.63) is 11.6 Å². The molecule has 0 N–H and O–H groups in total. The predicted octanol–water partition coefficient (Wildman–Crippen LogP) is 0.729. The van der Waals surface area contributed by atoms with Crippen LogP contribution in [0.3, 0.4) is 0 Å². The monoisotopic (exact) mass is 141 g/mol. The summed E-state index contributed by atoms with van der Waals surface area (Å²) in [4.78, 5) is 0. The Bertz CT molecular complexity index is 146. The van der Waals surface area contributed by atoms with Gasteiger partial charge >= 0.3 is 0 Å². The van der Waals surface area contributed by atoms with Crippen molar-refractivity contribution in [1.82, 2.24) is 0 Å². The Morgan fingerprint density at radius 3 is 2.60 bits per heavy atom. The van der Waals surface area contributed by atoms with Gasteiger partial charge in [-0.1, -0.05) is 0 Å².